The van der Waals surface area contributed by atoms with Crippen LogP contribution in [0, 0.1) is 33.5 Å². The Morgan fingerprint density at radius 1 is 0.681 bits per heavy atom. The Bertz CT molecular complexity index is 3480. The summed E-state index contributed by atoms with van der Waals surface area (Å²) in [6, 6.07) is 15.5. The molecule has 0 spiro atoms. The summed E-state index contributed by atoms with van der Waals surface area (Å²) in [6.45, 7) is 9.14. The van der Waals surface area contributed by atoms with Gasteiger partial charge in [0, 0.05) is 55.8 Å². The van der Waals surface area contributed by atoms with Crippen molar-refractivity contribution in [3.8, 4) is 22.3 Å². The van der Waals surface area contributed by atoms with Gasteiger partial charge in [0.1, 0.15) is 29.0 Å². The SMILES string of the molecule is Cc1noc(C)c1-c1ccc2c(c1)nc([C@@H]1CCCC(=O)N1)n2[C@@H]1CCN(S(C)(=O)=O)C1.Cc1noc(C)c1-c1ccc2c(c1)nc([C@@H]1CCCC(=O)N1c1ccc(Cl)c(F)c1)n2[C@@H]1CCN(S(C)(=O)=O)C1. The van der Waals surface area contributed by atoms with Gasteiger partial charge in [0.25, 0.3) is 0 Å². The molecule has 0 bridgehead atoms. The summed E-state index contributed by atoms with van der Waals surface area (Å²) in [5.41, 5.74) is 9.04. The van der Waals surface area contributed by atoms with E-state index in [-0.39, 0.29) is 35.0 Å². The van der Waals surface area contributed by atoms with Gasteiger partial charge in [-0.15, -0.1) is 0 Å². The van der Waals surface area contributed by atoms with Crippen LogP contribution in [0.3, 0.4) is 0 Å². The molecule has 3 aromatic carbocycles. The molecule has 4 saturated heterocycles. The number of benzene rings is 3. The molecule has 1 N–H and O–H groups in total. The third-order valence-electron chi connectivity index (χ3n) is 14.5. The summed E-state index contributed by atoms with van der Waals surface area (Å²) in [5.74, 6) is 2.19. The number of amides is 2. The lowest BCUT2D eigenvalue weighted by molar-refractivity contribution is -0.123. The Kier molecular flexibility index (Phi) is 13.2. The second-order valence-electron chi connectivity index (χ2n) is 19.4. The minimum atomic E-state index is -3.37. The molecule has 4 fully saturated rings. The van der Waals surface area contributed by atoms with Crippen molar-refractivity contribution in [1.82, 2.24) is 43.3 Å². The predicted molar refractivity (Wildman–Crippen MR) is 270 cm³/mol. The highest BCUT2D eigenvalue weighted by atomic mass is 35.5. The summed E-state index contributed by atoms with van der Waals surface area (Å²) >= 11 is 5.94. The van der Waals surface area contributed by atoms with Crippen molar-refractivity contribution >= 4 is 71.2 Å². The van der Waals surface area contributed by atoms with Crippen molar-refractivity contribution in [2.75, 3.05) is 43.6 Å². The average molecular weight is 1040 g/mol. The molecule has 11 rings (SSSR count). The van der Waals surface area contributed by atoms with Crippen LogP contribution in [0.5, 0.6) is 0 Å². The van der Waals surface area contributed by atoms with Gasteiger partial charge in [-0.2, -0.15) is 0 Å². The molecule has 0 radical (unpaired) electrons. The number of carbonyl (C=O) groups is 2. The largest absolute Gasteiger partial charge is 0.361 e. The van der Waals surface area contributed by atoms with Crippen LogP contribution in [-0.2, 0) is 29.6 Å². The number of sulfonamides is 2. The Labute approximate surface area is 421 Å². The lowest BCUT2D eigenvalue weighted by Gasteiger charge is -2.36. The number of halogens is 2. The Morgan fingerprint density at radius 2 is 1.21 bits per heavy atom. The number of rotatable bonds is 9. The molecule has 72 heavy (non-hydrogen) atoms. The molecule has 7 aromatic rings. The first kappa shape index (κ1) is 49.6. The van der Waals surface area contributed by atoms with Crippen LogP contribution < -0.4 is 10.2 Å². The van der Waals surface area contributed by atoms with Crippen LogP contribution in [0.2, 0.25) is 5.02 Å². The van der Waals surface area contributed by atoms with Crippen molar-refractivity contribution in [3.63, 3.8) is 0 Å². The maximum Gasteiger partial charge on any atom is 0.227 e. The maximum atomic E-state index is 14.5. The number of piperidine rings is 2. The first-order chi connectivity index (χ1) is 34.2. The van der Waals surface area contributed by atoms with Gasteiger partial charge in [-0.25, -0.2) is 39.8 Å². The molecule has 0 saturated carbocycles. The summed E-state index contributed by atoms with van der Waals surface area (Å²) in [5, 5.41) is 11.2. The quantitative estimate of drug-likeness (QED) is 0.144. The highest BCUT2D eigenvalue weighted by Gasteiger charge is 2.39. The molecule has 22 heteroatoms. The fraction of sp³-hybridized carbons (Fsp3) is 0.440. The Balaban J connectivity index is 0.000000170. The van der Waals surface area contributed by atoms with E-state index in [2.05, 4.69) is 24.8 Å². The van der Waals surface area contributed by atoms with Crippen molar-refractivity contribution < 1.29 is 39.9 Å². The second kappa shape index (κ2) is 19.1. The molecular weight excluding hydrogens is 987 g/mol. The van der Waals surface area contributed by atoms with Gasteiger partial charge in [-0.3, -0.25) is 9.59 Å². The third kappa shape index (κ3) is 9.33. The number of hydrogen-bond donors (Lipinski definition) is 1. The van der Waals surface area contributed by atoms with Crippen molar-refractivity contribution in [1.29, 1.82) is 0 Å². The van der Waals surface area contributed by atoms with Gasteiger partial charge in [-0.1, -0.05) is 34.0 Å². The number of fused-ring (bicyclic) bond motifs is 2. The number of nitrogens with one attached hydrogen (secondary N) is 1. The molecule has 8 heterocycles. The van der Waals surface area contributed by atoms with Crippen LogP contribution in [0.25, 0.3) is 44.3 Å². The van der Waals surface area contributed by atoms with Crippen LogP contribution in [0.15, 0.2) is 63.6 Å². The molecule has 4 aromatic heterocycles. The molecule has 4 aliphatic heterocycles. The van der Waals surface area contributed by atoms with E-state index >= 15 is 0 Å². The van der Waals surface area contributed by atoms with Crippen LogP contribution in [0.1, 0.15) is 110 Å². The number of carbonyl (C=O) groups excluding carboxylic acids is 2. The van der Waals surface area contributed by atoms with Crippen LogP contribution >= 0.6 is 11.6 Å². The number of anilines is 1. The zero-order valence-electron chi connectivity index (χ0n) is 40.9. The van der Waals surface area contributed by atoms with E-state index in [4.69, 9.17) is 30.6 Å². The number of aromatic nitrogens is 6. The lowest BCUT2D eigenvalue weighted by atomic mass is 9.99. The highest BCUT2D eigenvalue weighted by Crippen LogP contribution is 2.42. The molecule has 2 amide bonds. The van der Waals surface area contributed by atoms with Gasteiger partial charge in [-0.05, 0) is 120 Å². The zero-order chi connectivity index (χ0) is 51.0. The second-order valence-corrected chi connectivity index (χ2v) is 23.8. The van der Waals surface area contributed by atoms with E-state index in [0.29, 0.717) is 87.5 Å². The van der Waals surface area contributed by atoms with E-state index in [1.165, 1.54) is 33.3 Å². The van der Waals surface area contributed by atoms with Crippen molar-refractivity contribution in [3.05, 3.63) is 100.0 Å². The summed E-state index contributed by atoms with van der Waals surface area (Å²) in [7, 11) is -6.63. The minimum Gasteiger partial charge on any atom is -0.361 e. The molecule has 4 aliphatic rings. The summed E-state index contributed by atoms with van der Waals surface area (Å²) < 4.78 is 81.4. The predicted octanol–water partition coefficient (Wildman–Crippen LogP) is 8.42. The maximum absolute atomic E-state index is 14.5. The molecule has 380 valence electrons. The molecule has 0 aliphatic carbocycles. The van der Waals surface area contributed by atoms with Gasteiger partial charge < -0.3 is 28.4 Å². The van der Waals surface area contributed by atoms with Gasteiger partial charge in [0.2, 0.25) is 31.9 Å². The Morgan fingerprint density at radius 3 is 1.69 bits per heavy atom. The lowest BCUT2D eigenvalue weighted by Crippen LogP contribution is -2.40. The van der Waals surface area contributed by atoms with E-state index in [1.807, 2.05) is 64.1 Å². The number of nitrogens with zero attached hydrogens (tertiary/aromatic N) is 9. The highest BCUT2D eigenvalue weighted by molar-refractivity contribution is 7.88. The molecule has 4 atom stereocenters. The Hall–Kier alpha value is -6.00. The van der Waals surface area contributed by atoms with E-state index in [1.54, 1.807) is 11.0 Å². The topological polar surface area (TPSA) is 212 Å². The van der Waals surface area contributed by atoms with Crippen LogP contribution in [-0.4, -0.2) is 105 Å². The van der Waals surface area contributed by atoms with Gasteiger partial charge >= 0.3 is 0 Å². The monoisotopic (exact) mass is 1040 g/mol. The van der Waals surface area contributed by atoms with E-state index in [0.717, 1.165) is 74.6 Å². The average Bonchev–Trinajstić information content (AvgIpc) is 4.20. The number of aryl methyl sites for hydroxylation is 4. The number of imidazole rings is 2. The van der Waals surface area contributed by atoms with E-state index < -0.39 is 31.9 Å². The molecule has 0 unspecified atom stereocenters. The summed E-state index contributed by atoms with van der Waals surface area (Å²) in [6.07, 6.45) is 7.54. The first-order valence-corrected chi connectivity index (χ1v) is 28.2. The fourth-order valence-electron chi connectivity index (χ4n) is 11.1. The van der Waals surface area contributed by atoms with Crippen LogP contribution in [0.4, 0.5) is 10.1 Å². The zero-order valence-corrected chi connectivity index (χ0v) is 43.2. The first-order valence-electron chi connectivity index (χ1n) is 24.1. The minimum absolute atomic E-state index is 0.0179. The van der Waals surface area contributed by atoms with Gasteiger partial charge in [0.05, 0.1) is 75.2 Å². The van der Waals surface area contributed by atoms with Crippen molar-refractivity contribution in [2.24, 2.45) is 0 Å². The smallest absolute Gasteiger partial charge is 0.227 e. The van der Waals surface area contributed by atoms with E-state index in [9.17, 15) is 30.8 Å². The fourth-order valence-corrected chi connectivity index (χ4v) is 13.0. The summed E-state index contributed by atoms with van der Waals surface area (Å²) in [4.78, 5) is 37.1. The standard InChI is InChI=1S/C28H29ClFN5O4S.C22H27N5O4S/c1-16-27(17(2)39-32-16)18-7-10-24-23(13-18)31-28(35(24)20-11-12-33(15-20)40(3,37)38)25-5-4-6-26(36)34(25)19-8-9-21(29)22(30)14-19;1-13-21(14(2)31-25-13)15-7-8-19-18(11-15)24-22(17-5-4-6-20(28)23-17)27(19)16-9-10-26(12-16)32(3,29)30/h7-10,13-14,20,25H,4-6,11-12,15H2,1-3H3;7-8,11,16-17H,4-6,9-10,12H2,1-3H3,(H,23,28)/t20-,25+;16-,17+/m11/s1. The molecular formula is C50H56ClFN10O8S2. The normalized spacial score (nSPS) is 21.5. The van der Waals surface area contributed by atoms with Gasteiger partial charge in [0.15, 0.2) is 0 Å². The van der Waals surface area contributed by atoms with Crippen molar-refractivity contribution in [2.45, 2.75) is 103 Å². The number of hydrogen-bond acceptors (Lipinski definition) is 12. The third-order valence-corrected chi connectivity index (χ3v) is 17.3. The molecule has 18 nitrogen and oxygen atoms in total.